The van der Waals surface area contributed by atoms with Gasteiger partial charge < -0.3 is 10.3 Å². The van der Waals surface area contributed by atoms with Crippen LogP contribution in [0.1, 0.15) is 30.3 Å². The Labute approximate surface area is 101 Å². The molecular formula is C14H18N2O. The standard InChI is InChI=1S/C14H18N2O/c1-3-6-11(15)14(17)13-9-10-7-4-5-8-12(10)16(13)2/h4-5,7-9,11H,3,6,15H2,1-2H3. The number of Topliss-reactive ketones (excluding diaryl/α,β-unsaturated/α-hetero) is 1. The number of hydrogen-bond acceptors (Lipinski definition) is 2. The van der Waals surface area contributed by atoms with Crippen molar-refractivity contribution in [2.45, 2.75) is 25.8 Å². The molecule has 1 heterocycles. The van der Waals surface area contributed by atoms with Gasteiger partial charge >= 0.3 is 0 Å². The van der Waals surface area contributed by atoms with Crippen LogP contribution >= 0.6 is 0 Å². The van der Waals surface area contributed by atoms with E-state index in [2.05, 4.69) is 0 Å². The Bertz CT molecular complexity index is 542. The highest BCUT2D eigenvalue weighted by Crippen LogP contribution is 2.19. The summed E-state index contributed by atoms with van der Waals surface area (Å²) in [7, 11) is 1.91. The average molecular weight is 230 g/mol. The fourth-order valence-corrected chi connectivity index (χ4v) is 2.16. The summed E-state index contributed by atoms with van der Waals surface area (Å²) in [5, 5.41) is 1.09. The number of aromatic nitrogens is 1. The van der Waals surface area contributed by atoms with Crippen molar-refractivity contribution in [3.8, 4) is 0 Å². The van der Waals surface area contributed by atoms with Crippen molar-refractivity contribution in [2.75, 3.05) is 0 Å². The van der Waals surface area contributed by atoms with E-state index in [1.165, 1.54) is 0 Å². The average Bonchev–Trinajstić information content (AvgIpc) is 2.67. The molecule has 2 N–H and O–H groups in total. The van der Waals surface area contributed by atoms with E-state index in [0.29, 0.717) is 5.69 Å². The van der Waals surface area contributed by atoms with E-state index in [-0.39, 0.29) is 11.8 Å². The maximum absolute atomic E-state index is 12.2. The minimum absolute atomic E-state index is 0.0329. The van der Waals surface area contributed by atoms with Crippen molar-refractivity contribution in [1.29, 1.82) is 0 Å². The van der Waals surface area contributed by atoms with Gasteiger partial charge in [0.15, 0.2) is 5.78 Å². The summed E-state index contributed by atoms with van der Waals surface area (Å²) in [6, 6.07) is 9.51. The van der Waals surface area contributed by atoms with Crippen LogP contribution in [0.4, 0.5) is 0 Å². The molecule has 0 aliphatic heterocycles. The number of carbonyl (C=O) groups is 1. The van der Waals surface area contributed by atoms with Gasteiger partial charge in [0.25, 0.3) is 0 Å². The Kier molecular flexibility index (Phi) is 3.29. The first-order chi connectivity index (χ1) is 8.15. The normalized spacial score (nSPS) is 12.9. The van der Waals surface area contributed by atoms with Gasteiger partial charge in [0.1, 0.15) is 0 Å². The van der Waals surface area contributed by atoms with Gasteiger partial charge in [-0.2, -0.15) is 0 Å². The van der Waals surface area contributed by atoms with Crippen LogP contribution in [0.5, 0.6) is 0 Å². The predicted octanol–water partition coefficient (Wildman–Crippen LogP) is 2.49. The number of benzene rings is 1. The monoisotopic (exact) mass is 230 g/mol. The molecule has 90 valence electrons. The molecule has 2 aromatic rings. The molecule has 0 aliphatic carbocycles. The van der Waals surface area contributed by atoms with Gasteiger partial charge in [-0.05, 0) is 18.6 Å². The summed E-state index contributed by atoms with van der Waals surface area (Å²) in [6.07, 6.45) is 1.66. The zero-order valence-electron chi connectivity index (χ0n) is 10.3. The van der Waals surface area contributed by atoms with Gasteiger partial charge in [0.05, 0.1) is 11.7 Å². The SMILES string of the molecule is CCCC(N)C(=O)c1cc2ccccc2n1C. The summed E-state index contributed by atoms with van der Waals surface area (Å²) >= 11 is 0. The minimum Gasteiger partial charge on any atom is -0.341 e. The summed E-state index contributed by atoms with van der Waals surface area (Å²) in [5.41, 5.74) is 7.66. The van der Waals surface area contributed by atoms with E-state index in [0.717, 1.165) is 23.7 Å². The lowest BCUT2D eigenvalue weighted by Gasteiger charge is -2.09. The Hall–Kier alpha value is -1.61. The number of hydrogen-bond donors (Lipinski definition) is 1. The quantitative estimate of drug-likeness (QED) is 0.820. The van der Waals surface area contributed by atoms with Crippen molar-refractivity contribution in [3.63, 3.8) is 0 Å². The molecule has 1 atom stereocenters. The van der Waals surface area contributed by atoms with Gasteiger partial charge in [0, 0.05) is 18.0 Å². The van der Waals surface area contributed by atoms with Crippen LogP contribution in [-0.4, -0.2) is 16.4 Å². The maximum Gasteiger partial charge on any atom is 0.195 e. The van der Waals surface area contributed by atoms with Gasteiger partial charge in [-0.3, -0.25) is 4.79 Å². The number of carbonyl (C=O) groups excluding carboxylic acids is 1. The second kappa shape index (κ2) is 4.72. The zero-order chi connectivity index (χ0) is 12.4. The third-order valence-electron chi connectivity index (χ3n) is 3.14. The topological polar surface area (TPSA) is 48.0 Å². The molecule has 17 heavy (non-hydrogen) atoms. The largest absolute Gasteiger partial charge is 0.341 e. The van der Waals surface area contributed by atoms with E-state index in [1.54, 1.807) is 0 Å². The Morgan fingerprint density at radius 2 is 2.12 bits per heavy atom. The van der Waals surface area contributed by atoms with Crippen LogP contribution in [0.15, 0.2) is 30.3 Å². The van der Waals surface area contributed by atoms with Crippen LogP contribution in [0, 0.1) is 0 Å². The molecule has 1 aromatic carbocycles. The number of rotatable bonds is 4. The summed E-state index contributed by atoms with van der Waals surface area (Å²) in [5.74, 6) is 0.0329. The molecule has 0 spiro atoms. The number of nitrogens with two attached hydrogens (primary N) is 1. The number of nitrogens with zero attached hydrogens (tertiary/aromatic N) is 1. The van der Waals surface area contributed by atoms with Crippen molar-refractivity contribution in [2.24, 2.45) is 12.8 Å². The molecule has 0 saturated heterocycles. The highest BCUT2D eigenvalue weighted by molar-refractivity contribution is 6.02. The molecule has 1 unspecified atom stereocenters. The second-order valence-electron chi connectivity index (χ2n) is 4.41. The van der Waals surface area contributed by atoms with Gasteiger partial charge in [-0.15, -0.1) is 0 Å². The molecule has 0 saturated carbocycles. The van der Waals surface area contributed by atoms with Crippen LogP contribution in [-0.2, 0) is 7.05 Å². The number of fused-ring (bicyclic) bond motifs is 1. The molecule has 1 aromatic heterocycles. The molecule has 0 bridgehead atoms. The van der Waals surface area contributed by atoms with Crippen LogP contribution in [0.3, 0.4) is 0 Å². The highest BCUT2D eigenvalue weighted by atomic mass is 16.1. The molecule has 0 aliphatic rings. The first kappa shape index (κ1) is 11.9. The van der Waals surface area contributed by atoms with E-state index < -0.39 is 0 Å². The fourth-order valence-electron chi connectivity index (χ4n) is 2.16. The van der Waals surface area contributed by atoms with E-state index in [9.17, 15) is 4.79 Å². The lowest BCUT2D eigenvalue weighted by atomic mass is 10.1. The first-order valence-electron chi connectivity index (χ1n) is 5.99. The number of ketones is 1. The van der Waals surface area contributed by atoms with E-state index in [4.69, 9.17) is 5.73 Å². The van der Waals surface area contributed by atoms with Gasteiger partial charge in [0.2, 0.25) is 0 Å². The maximum atomic E-state index is 12.2. The third kappa shape index (κ3) is 2.11. The summed E-state index contributed by atoms with van der Waals surface area (Å²) in [4.78, 5) is 12.2. The third-order valence-corrected chi connectivity index (χ3v) is 3.14. The summed E-state index contributed by atoms with van der Waals surface area (Å²) in [6.45, 7) is 2.04. The van der Waals surface area contributed by atoms with E-state index >= 15 is 0 Å². The Balaban J connectivity index is 2.42. The van der Waals surface area contributed by atoms with Crippen molar-refractivity contribution in [1.82, 2.24) is 4.57 Å². The number of aryl methyl sites for hydroxylation is 1. The first-order valence-corrected chi connectivity index (χ1v) is 5.99. The Morgan fingerprint density at radius 3 is 2.76 bits per heavy atom. The van der Waals surface area contributed by atoms with Crippen LogP contribution < -0.4 is 5.73 Å². The lowest BCUT2D eigenvalue weighted by Crippen LogP contribution is -2.31. The fraction of sp³-hybridized carbons (Fsp3) is 0.357. The number of para-hydroxylation sites is 1. The van der Waals surface area contributed by atoms with Gasteiger partial charge in [-0.1, -0.05) is 31.5 Å². The lowest BCUT2D eigenvalue weighted by molar-refractivity contribution is 0.0949. The van der Waals surface area contributed by atoms with Crippen molar-refractivity contribution >= 4 is 16.7 Å². The highest BCUT2D eigenvalue weighted by Gasteiger charge is 2.18. The van der Waals surface area contributed by atoms with Crippen LogP contribution in [0.2, 0.25) is 0 Å². The zero-order valence-corrected chi connectivity index (χ0v) is 10.3. The van der Waals surface area contributed by atoms with E-state index in [1.807, 2.05) is 48.9 Å². The molecule has 2 rings (SSSR count). The summed E-state index contributed by atoms with van der Waals surface area (Å²) < 4.78 is 1.92. The molecule has 0 amide bonds. The molecular weight excluding hydrogens is 212 g/mol. The molecule has 3 heteroatoms. The van der Waals surface area contributed by atoms with Gasteiger partial charge in [-0.25, -0.2) is 0 Å². The molecule has 3 nitrogen and oxygen atoms in total. The molecule has 0 fully saturated rings. The Morgan fingerprint density at radius 1 is 1.41 bits per heavy atom. The minimum atomic E-state index is -0.386. The predicted molar refractivity (Wildman–Crippen MR) is 70.1 cm³/mol. The second-order valence-corrected chi connectivity index (χ2v) is 4.41. The molecule has 0 radical (unpaired) electrons. The smallest absolute Gasteiger partial charge is 0.195 e. The van der Waals surface area contributed by atoms with Crippen molar-refractivity contribution in [3.05, 3.63) is 36.0 Å². The van der Waals surface area contributed by atoms with Crippen molar-refractivity contribution < 1.29 is 4.79 Å². The van der Waals surface area contributed by atoms with Crippen LogP contribution in [0.25, 0.3) is 10.9 Å².